The Morgan fingerprint density at radius 2 is 1.90 bits per heavy atom. The lowest BCUT2D eigenvalue weighted by Gasteiger charge is -2.13. The van der Waals surface area contributed by atoms with Crippen LogP contribution in [0.25, 0.3) is 0 Å². The van der Waals surface area contributed by atoms with Gasteiger partial charge in [0.2, 0.25) is 5.91 Å². The molecule has 3 N–H and O–H groups in total. The van der Waals surface area contributed by atoms with Gasteiger partial charge in [0.25, 0.3) is 5.91 Å². The van der Waals surface area contributed by atoms with Gasteiger partial charge in [0.05, 0.1) is 11.3 Å². The topological polar surface area (TPSA) is 70.2 Å². The number of benzene rings is 1. The number of unbranched alkanes of at least 4 members (excludes halogenated alkanes) is 1. The van der Waals surface area contributed by atoms with E-state index in [1.54, 1.807) is 31.2 Å². The van der Waals surface area contributed by atoms with E-state index >= 15 is 0 Å². The van der Waals surface area contributed by atoms with E-state index in [0.717, 1.165) is 12.8 Å². The van der Waals surface area contributed by atoms with Crippen molar-refractivity contribution in [2.24, 2.45) is 0 Å². The van der Waals surface area contributed by atoms with E-state index < -0.39 is 0 Å². The molecule has 2 amide bonds. The highest BCUT2D eigenvalue weighted by atomic mass is 32.1. The Labute approximate surface area is 130 Å². The van der Waals surface area contributed by atoms with Crippen LogP contribution < -0.4 is 16.0 Å². The van der Waals surface area contributed by atoms with Crippen molar-refractivity contribution in [1.29, 1.82) is 0 Å². The highest BCUT2D eigenvalue weighted by molar-refractivity contribution is 7.80. The molecule has 0 fully saturated rings. The molecule has 0 aromatic heterocycles. The minimum absolute atomic E-state index is 0.156. The van der Waals surface area contributed by atoms with Crippen LogP contribution in [0.15, 0.2) is 24.3 Å². The van der Waals surface area contributed by atoms with Crippen LogP contribution in [0.5, 0.6) is 0 Å². The number of rotatable bonds is 6. The zero-order chi connectivity index (χ0) is 15.7. The van der Waals surface area contributed by atoms with Gasteiger partial charge in [-0.25, -0.2) is 0 Å². The van der Waals surface area contributed by atoms with Crippen molar-refractivity contribution in [3.63, 3.8) is 0 Å². The maximum Gasteiger partial charge on any atom is 0.253 e. The molecule has 0 aliphatic carbocycles. The number of amides is 2. The van der Waals surface area contributed by atoms with Crippen molar-refractivity contribution >= 4 is 34.8 Å². The second-order valence-corrected chi connectivity index (χ2v) is 4.92. The van der Waals surface area contributed by atoms with Crippen LogP contribution >= 0.6 is 12.2 Å². The molecule has 0 saturated heterocycles. The molecule has 1 aromatic rings. The summed E-state index contributed by atoms with van der Waals surface area (Å²) < 4.78 is 0. The van der Waals surface area contributed by atoms with Crippen LogP contribution in [-0.2, 0) is 4.79 Å². The molecule has 5 nitrogen and oxygen atoms in total. The number of anilines is 1. The molecule has 0 heterocycles. The van der Waals surface area contributed by atoms with Gasteiger partial charge >= 0.3 is 0 Å². The van der Waals surface area contributed by atoms with Crippen LogP contribution in [0.3, 0.4) is 0 Å². The highest BCUT2D eigenvalue weighted by Gasteiger charge is 2.11. The first kappa shape index (κ1) is 17.1. The molecule has 6 heteroatoms. The number of para-hydroxylation sites is 1. The van der Waals surface area contributed by atoms with Gasteiger partial charge in [-0.15, -0.1) is 0 Å². The van der Waals surface area contributed by atoms with Gasteiger partial charge in [-0.2, -0.15) is 0 Å². The number of carbonyl (C=O) groups is 2. The fourth-order valence-corrected chi connectivity index (χ4v) is 1.86. The zero-order valence-electron chi connectivity index (χ0n) is 12.4. The molecule has 114 valence electrons. The molecule has 0 aliphatic rings. The summed E-state index contributed by atoms with van der Waals surface area (Å²) in [5, 5.41) is 8.48. The smallest absolute Gasteiger partial charge is 0.253 e. The highest BCUT2D eigenvalue weighted by Crippen LogP contribution is 2.14. The first-order chi connectivity index (χ1) is 10.1. The largest absolute Gasteiger partial charge is 0.352 e. The Balaban J connectivity index is 2.72. The van der Waals surface area contributed by atoms with E-state index in [2.05, 4.69) is 22.9 Å². The molecule has 0 radical (unpaired) electrons. The normalized spacial score (nSPS) is 9.81. The molecule has 0 spiro atoms. The van der Waals surface area contributed by atoms with E-state index in [-0.39, 0.29) is 16.9 Å². The third-order valence-electron chi connectivity index (χ3n) is 2.81. The summed E-state index contributed by atoms with van der Waals surface area (Å²) in [5.74, 6) is -0.325. The molecule has 21 heavy (non-hydrogen) atoms. The van der Waals surface area contributed by atoms with Crippen LogP contribution in [-0.4, -0.2) is 23.5 Å². The van der Waals surface area contributed by atoms with E-state index in [0.29, 0.717) is 24.2 Å². The number of nitrogens with one attached hydrogen (secondary N) is 3. The first-order valence-electron chi connectivity index (χ1n) is 7.06. The molecule has 1 aromatic carbocycles. The summed E-state index contributed by atoms with van der Waals surface area (Å²) in [6.07, 6.45) is 2.31. The van der Waals surface area contributed by atoms with Crippen molar-refractivity contribution in [2.45, 2.75) is 33.1 Å². The van der Waals surface area contributed by atoms with Gasteiger partial charge in [0, 0.05) is 13.0 Å². The number of hydrogen-bond acceptors (Lipinski definition) is 3. The van der Waals surface area contributed by atoms with Gasteiger partial charge in [-0.3, -0.25) is 9.59 Å². The Morgan fingerprint density at radius 1 is 1.19 bits per heavy atom. The second kappa shape index (κ2) is 9.07. The summed E-state index contributed by atoms with van der Waals surface area (Å²) in [7, 11) is 0. The van der Waals surface area contributed by atoms with Gasteiger partial charge in [-0.1, -0.05) is 32.4 Å². The van der Waals surface area contributed by atoms with Gasteiger partial charge in [-0.05, 0) is 30.8 Å². The van der Waals surface area contributed by atoms with Gasteiger partial charge in [0.1, 0.15) is 0 Å². The van der Waals surface area contributed by atoms with Crippen molar-refractivity contribution in [3.8, 4) is 0 Å². The van der Waals surface area contributed by atoms with Crippen LogP contribution in [0.2, 0.25) is 0 Å². The fourth-order valence-electron chi connectivity index (χ4n) is 1.63. The molecule has 0 saturated carbocycles. The van der Waals surface area contributed by atoms with Gasteiger partial charge < -0.3 is 16.0 Å². The molecule has 0 atom stereocenters. The Morgan fingerprint density at radius 3 is 2.57 bits per heavy atom. The van der Waals surface area contributed by atoms with E-state index in [9.17, 15) is 9.59 Å². The quantitative estimate of drug-likeness (QED) is 0.558. The predicted molar refractivity (Wildman–Crippen MR) is 88.3 cm³/mol. The first-order valence-corrected chi connectivity index (χ1v) is 7.47. The number of thiocarbonyl (C=S) groups is 1. The summed E-state index contributed by atoms with van der Waals surface area (Å²) in [4.78, 5) is 23.4. The number of carbonyl (C=O) groups excluding carboxylic acids is 2. The van der Waals surface area contributed by atoms with Crippen molar-refractivity contribution in [1.82, 2.24) is 10.6 Å². The lowest BCUT2D eigenvalue weighted by atomic mass is 10.1. The molecule has 0 aliphatic heterocycles. The average molecular weight is 307 g/mol. The molecular weight excluding hydrogens is 286 g/mol. The summed E-state index contributed by atoms with van der Waals surface area (Å²) in [6.45, 7) is 4.45. The fraction of sp³-hybridized carbons (Fsp3) is 0.400. The predicted octanol–water partition coefficient (Wildman–Crippen LogP) is 2.44. The lowest BCUT2D eigenvalue weighted by molar-refractivity contribution is -0.119. The zero-order valence-corrected chi connectivity index (χ0v) is 13.2. The average Bonchev–Trinajstić information content (AvgIpc) is 2.47. The minimum Gasteiger partial charge on any atom is -0.352 e. The summed E-state index contributed by atoms with van der Waals surface area (Å²) in [6, 6.07) is 7.05. The van der Waals surface area contributed by atoms with E-state index in [1.165, 1.54) is 0 Å². The van der Waals surface area contributed by atoms with Gasteiger partial charge in [0.15, 0.2) is 5.11 Å². The van der Waals surface area contributed by atoms with Crippen LogP contribution in [0.1, 0.15) is 43.5 Å². The SMILES string of the molecule is CCCCNC(=O)c1ccccc1NC(=S)NC(=O)CC. The standard InChI is InChI=1S/C15H21N3O2S/c1-3-5-10-16-14(20)11-8-6-7-9-12(11)17-15(21)18-13(19)4-2/h6-9H,3-5,10H2,1-2H3,(H,16,20)(H2,17,18,19,21). The van der Waals surface area contributed by atoms with Crippen molar-refractivity contribution < 1.29 is 9.59 Å². The lowest BCUT2D eigenvalue weighted by Crippen LogP contribution is -2.34. The van der Waals surface area contributed by atoms with E-state index in [1.807, 2.05) is 0 Å². The summed E-state index contributed by atoms with van der Waals surface area (Å²) in [5.41, 5.74) is 1.08. The monoisotopic (exact) mass is 307 g/mol. The third kappa shape index (κ3) is 5.91. The Hall–Kier alpha value is -1.95. The molecular formula is C15H21N3O2S. The van der Waals surface area contributed by atoms with Crippen LogP contribution in [0.4, 0.5) is 5.69 Å². The minimum atomic E-state index is -0.169. The number of hydrogen-bond donors (Lipinski definition) is 3. The van der Waals surface area contributed by atoms with E-state index in [4.69, 9.17) is 12.2 Å². The third-order valence-corrected chi connectivity index (χ3v) is 3.01. The van der Waals surface area contributed by atoms with Crippen molar-refractivity contribution in [2.75, 3.05) is 11.9 Å². The van der Waals surface area contributed by atoms with Crippen molar-refractivity contribution in [3.05, 3.63) is 29.8 Å². The maximum absolute atomic E-state index is 12.1. The Bertz CT molecular complexity index is 517. The molecule has 1 rings (SSSR count). The molecule has 0 unspecified atom stereocenters. The Kier molecular flexibility index (Phi) is 7.39. The second-order valence-electron chi connectivity index (χ2n) is 4.51. The van der Waals surface area contributed by atoms with Crippen LogP contribution in [0, 0.1) is 0 Å². The summed E-state index contributed by atoms with van der Waals surface area (Å²) >= 11 is 5.06. The molecule has 0 bridgehead atoms. The maximum atomic E-state index is 12.1.